The lowest BCUT2D eigenvalue weighted by Gasteiger charge is -1.94. The molecular weight excluding hydrogens is 346 g/mol. The van der Waals surface area contributed by atoms with Crippen LogP contribution in [0.5, 0.6) is 0 Å². The third kappa shape index (κ3) is 3.36. The average molecular weight is 357 g/mol. The molecule has 0 bridgehead atoms. The second-order valence-electron chi connectivity index (χ2n) is 4.63. The van der Waals surface area contributed by atoms with Crippen molar-refractivity contribution in [2.45, 2.75) is 10.1 Å². The Labute approximate surface area is 145 Å². The quantitative estimate of drug-likeness (QED) is 0.459. The van der Waals surface area contributed by atoms with Crippen molar-refractivity contribution in [2.24, 2.45) is 0 Å². The van der Waals surface area contributed by atoms with Gasteiger partial charge in [0, 0.05) is 10.9 Å². The van der Waals surface area contributed by atoms with Crippen LogP contribution in [-0.4, -0.2) is 15.2 Å². The van der Waals surface area contributed by atoms with Crippen LogP contribution < -0.4 is 0 Å². The maximum Gasteiger partial charge on any atom is 0.257 e. The molecule has 114 valence electrons. The first kappa shape index (κ1) is 14.6. The summed E-state index contributed by atoms with van der Waals surface area (Å²) in [6.45, 7) is 0. The van der Waals surface area contributed by atoms with E-state index < -0.39 is 0 Å². The Morgan fingerprint density at radius 3 is 2.74 bits per heavy atom. The molecular formula is C16H11N3OS3. The molecule has 4 rings (SSSR count). The highest BCUT2D eigenvalue weighted by molar-refractivity contribution is 8.00. The first-order valence-electron chi connectivity index (χ1n) is 6.88. The van der Waals surface area contributed by atoms with E-state index in [1.165, 1.54) is 0 Å². The average Bonchev–Trinajstić information content (AvgIpc) is 3.33. The number of thiazole rings is 1. The van der Waals surface area contributed by atoms with Crippen LogP contribution in [0.4, 0.5) is 0 Å². The summed E-state index contributed by atoms with van der Waals surface area (Å²) in [5.74, 6) is 1.83. The molecule has 7 heteroatoms. The normalized spacial score (nSPS) is 11.0. The van der Waals surface area contributed by atoms with Crippen molar-refractivity contribution in [3.8, 4) is 22.0 Å². The number of rotatable bonds is 5. The molecule has 4 aromatic rings. The molecule has 0 radical (unpaired) electrons. The summed E-state index contributed by atoms with van der Waals surface area (Å²) in [6, 6.07) is 14.1. The molecule has 3 aromatic heterocycles. The van der Waals surface area contributed by atoms with Crippen molar-refractivity contribution in [3.63, 3.8) is 0 Å². The molecule has 23 heavy (non-hydrogen) atoms. The summed E-state index contributed by atoms with van der Waals surface area (Å²) in [7, 11) is 0. The summed E-state index contributed by atoms with van der Waals surface area (Å²) in [5, 5.41) is 12.3. The van der Waals surface area contributed by atoms with E-state index in [-0.39, 0.29) is 0 Å². The van der Waals surface area contributed by atoms with Crippen LogP contribution in [0.2, 0.25) is 0 Å². The Morgan fingerprint density at radius 1 is 1.00 bits per heavy atom. The van der Waals surface area contributed by atoms with Crippen molar-refractivity contribution in [1.82, 2.24) is 15.2 Å². The predicted octanol–water partition coefficient (Wildman–Crippen LogP) is 5.21. The van der Waals surface area contributed by atoms with Gasteiger partial charge in [0.15, 0.2) is 4.34 Å². The van der Waals surface area contributed by atoms with Gasteiger partial charge in [-0.05, 0) is 11.4 Å². The molecule has 0 atom stereocenters. The van der Waals surface area contributed by atoms with Gasteiger partial charge in [-0.3, -0.25) is 0 Å². The summed E-state index contributed by atoms with van der Waals surface area (Å²) in [6.07, 6.45) is 0. The van der Waals surface area contributed by atoms with Crippen LogP contribution in [0, 0.1) is 0 Å². The van der Waals surface area contributed by atoms with Gasteiger partial charge in [-0.2, -0.15) is 0 Å². The second-order valence-corrected chi connectivity index (χ2v) is 7.66. The molecule has 0 aliphatic rings. The van der Waals surface area contributed by atoms with Crippen molar-refractivity contribution >= 4 is 34.4 Å². The fourth-order valence-corrected chi connectivity index (χ4v) is 4.32. The summed E-state index contributed by atoms with van der Waals surface area (Å²) in [4.78, 5) is 5.64. The topological polar surface area (TPSA) is 51.8 Å². The first-order chi connectivity index (χ1) is 11.4. The molecule has 1 aromatic carbocycles. The zero-order valence-electron chi connectivity index (χ0n) is 11.9. The highest BCUT2D eigenvalue weighted by Crippen LogP contribution is 2.31. The van der Waals surface area contributed by atoms with Crippen LogP contribution in [-0.2, 0) is 5.75 Å². The number of aromatic nitrogens is 3. The van der Waals surface area contributed by atoms with E-state index >= 15 is 0 Å². The Morgan fingerprint density at radius 2 is 1.91 bits per heavy atom. The van der Waals surface area contributed by atoms with Gasteiger partial charge in [0.1, 0.15) is 0 Å². The maximum atomic E-state index is 5.69. The fourth-order valence-electron chi connectivity index (χ4n) is 2.00. The molecule has 0 spiro atoms. The van der Waals surface area contributed by atoms with Gasteiger partial charge in [-0.1, -0.05) is 48.2 Å². The number of nitrogens with zero attached hydrogens (tertiary/aromatic N) is 3. The zero-order valence-corrected chi connectivity index (χ0v) is 14.3. The molecule has 0 unspecified atom stereocenters. The summed E-state index contributed by atoms with van der Waals surface area (Å²) >= 11 is 4.84. The first-order valence-corrected chi connectivity index (χ1v) is 9.63. The van der Waals surface area contributed by atoms with Crippen molar-refractivity contribution in [3.05, 3.63) is 59.1 Å². The van der Waals surface area contributed by atoms with Gasteiger partial charge < -0.3 is 4.42 Å². The molecule has 4 nitrogen and oxygen atoms in total. The van der Waals surface area contributed by atoms with Gasteiger partial charge in [0.25, 0.3) is 5.89 Å². The third-order valence-corrected chi connectivity index (χ3v) is 5.93. The monoisotopic (exact) mass is 357 g/mol. The highest BCUT2D eigenvalue weighted by atomic mass is 32.2. The Hall–Kier alpha value is -1.96. The molecule has 0 aliphatic heterocycles. The minimum Gasteiger partial charge on any atom is -0.419 e. The van der Waals surface area contributed by atoms with Gasteiger partial charge in [0.2, 0.25) is 5.89 Å². The third-order valence-electron chi connectivity index (χ3n) is 3.07. The lowest BCUT2D eigenvalue weighted by atomic mass is 10.2. The SMILES string of the molecule is c1ccc(-c2csc(SCc3nnc(-c4cccs4)o3)n2)cc1. The predicted molar refractivity (Wildman–Crippen MR) is 94.7 cm³/mol. The van der Waals surface area contributed by atoms with Gasteiger partial charge in [-0.25, -0.2) is 4.98 Å². The number of hydrogen-bond donors (Lipinski definition) is 0. The van der Waals surface area contributed by atoms with Crippen LogP contribution in [0.3, 0.4) is 0 Å². The minimum absolute atomic E-state index is 0.583. The van der Waals surface area contributed by atoms with Crippen molar-refractivity contribution in [2.75, 3.05) is 0 Å². The number of hydrogen-bond acceptors (Lipinski definition) is 7. The van der Waals surface area contributed by atoms with E-state index in [2.05, 4.69) is 32.7 Å². The lowest BCUT2D eigenvalue weighted by Crippen LogP contribution is -1.81. The van der Waals surface area contributed by atoms with Gasteiger partial charge in [0.05, 0.1) is 16.3 Å². The summed E-state index contributed by atoms with van der Waals surface area (Å²) < 4.78 is 6.69. The van der Waals surface area contributed by atoms with E-state index in [0.717, 1.165) is 20.5 Å². The van der Waals surface area contributed by atoms with E-state index in [4.69, 9.17) is 4.42 Å². The smallest absolute Gasteiger partial charge is 0.257 e. The second kappa shape index (κ2) is 6.66. The van der Waals surface area contributed by atoms with E-state index in [0.29, 0.717) is 17.5 Å². The molecule has 0 amide bonds. The highest BCUT2D eigenvalue weighted by Gasteiger charge is 2.11. The van der Waals surface area contributed by atoms with Crippen LogP contribution in [0.25, 0.3) is 22.0 Å². The Bertz CT molecular complexity index is 884. The summed E-state index contributed by atoms with van der Waals surface area (Å²) in [5.41, 5.74) is 2.14. The standard InChI is InChI=1S/C16H11N3OS3/c1-2-5-11(6-3-1)12-9-22-16(17-12)23-10-14-18-19-15(20-14)13-7-4-8-21-13/h1-9H,10H2. The minimum atomic E-state index is 0.583. The molecule has 0 fully saturated rings. The van der Waals surface area contributed by atoms with Crippen molar-refractivity contribution < 1.29 is 4.42 Å². The Balaban J connectivity index is 1.43. The molecule has 3 heterocycles. The van der Waals surface area contributed by atoms with E-state index in [1.54, 1.807) is 34.4 Å². The number of thioether (sulfide) groups is 1. The van der Waals surface area contributed by atoms with Crippen LogP contribution >= 0.6 is 34.4 Å². The van der Waals surface area contributed by atoms with E-state index in [1.807, 2.05) is 35.7 Å². The maximum absolute atomic E-state index is 5.69. The van der Waals surface area contributed by atoms with Gasteiger partial charge in [-0.15, -0.1) is 32.9 Å². The molecule has 0 aliphatic carbocycles. The molecule has 0 saturated heterocycles. The number of thiophene rings is 1. The van der Waals surface area contributed by atoms with Crippen LogP contribution in [0.1, 0.15) is 5.89 Å². The van der Waals surface area contributed by atoms with Gasteiger partial charge >= 0.3 is 0 Å². The molecule has 0 saturated carbocycles. The van der Waals surface area contributed by atoms with Crippen molar-refractivity contribution in [1.29, 1.82) is 0 Å². The Kier molecular flexibility index (Phi) is 4.23. The van der Waals surface area contributed by atoms with Crippen LogP contribution in [0.15, 0.2) is 62.0 Å². The largest absolute Gasteiger partial charge is 0.419 e. The molecule has 0 N–H and O–H groups in total. The lowest BCUT2D eigenvalue weighted by molar-refractivity contribution is 0.529. The number of benzene rings is 1. The van der Waals surface area contributed by atoms with E-state index in [9.17, 15) is 0 Å². The zero-order chi connectivity index (χ0) is 15.5. The fraction of sp³-hybridized carbons (Fsp3) is 0.0625.